The van der Waals surface area contributed by atoms with E-state index >= 15 is 0 Å². The molecule has 2 N–H and O–H groups in total. The lowest BCUT2D eigenvalue weighted by molar-refractivity contribution is -0.124. The highest BCUT2D eigenvalue weighted by molar-refractivity contribution is 6.00. The summed E-state index contributed by atoms with van der Waals surface area (Å²) in [5.74, 6) is 0.873. The molecule has 2 amide bonds. The van der Waals surface area contributed by atoms with E-state index in [-0.39, 0.29) is 35.4 Å². The van der Waals surface area contributed by atoms with E-state index < -0.39 is 0 Å². The second kappa shape index (κ2) is 19.6. The van der Waals surface area contributed by atoms with Crippen molar-refractivity contribution in [3.05, 3.63) is 81.8 Å². The summed E-state index contributed by atoms with van der Waals surface area (Å²) in [6.45, 7) is 18.6. The molecule has 0 saturated carbocycles. The summed E-state index contributed by atoms with van der Waals surface area (Å²) in [4.78, 5) is 38.6. The van der Waals surface area contributed by atoms with E-state index in [1.807, 2.05) is 26.8 Å². The third-order valence-electron chi connectivity index (χ3n) is 9.52. The maximum absolute atomic E-state index is 13.4. The van der Waals surface area contributed by atoms with E-state index in [1.165, 1.54) is 36.0 Å². The van der Waals surface area contributed by atoms with Crippen LogP contribution in [0.3, 0.4) is 0 Å². The first-order valence-electron chi connectivity index (χ1n) is 18.6. The first-order chi connectivity index (χ1) is 23.3. The van der Waals surface area contributed by atoms with Gasteiger partial charge < -0.3 is 15.4 Å². The van der Waals surface area contributed by atoms with Crippen molar-refractivity contribution in [3.8, 4) is 0 Å². The van der Waals surface area contributed by atoms with Crippen molar-refractivity contribution in [2.45, 2.75) is 120 Å². The van der Waals surface area contributed by atoms with Crippen LogP contribution in [0.15, 0.2) is 65.1 Å². The lowest BCUT2D eigenvalue weighted by atomic mass is 9.79. The number of aryl methyl sites for hydroxylation is 2. The maximum atomic E-state index is 13.4. The van der Waals surface area contributed by atoms with Crippen molar-refractivity contribution in [2.75, 3.05) is 19.8 Å². The molecular formula is C43H62N2O4. The number of benzene rings is 1. The number of allylic oxidation sites excluding steroid dienone is 6. The quantitative estimate of drug-likeness (QED) is 0.0844. The number of carbonyl (C=O) groups is 3. The second-order valence-corrected chi connectivity index (χ2v) is 15.5. The van der Waals surface area contributed by atoms with Gasteiger partial charge in [-0.25, -0.2) is 0 Å². The molecule has 268 valence electrons. The lowest BCUT2D eigenvalue weighted by Gasteiger charge is -2.26. The zero-order valence-electron chi connectivity index (χ0n) is 31.6. The van der Waals surface area contributed by atoms with Crippen molar-refractivity contribution < 1.29 is 19.1 Å². The van der Waals surface area contributed by atoms with Gasteiger partial charge in [-0.1, -0.05) is 83.5 Å². The Morgan fingerprint density at radius 3 is 2.55 bits per heavy atom. The van der Waals surface area contributed by atoms with Crippen molar-refractivity contribution in [1.82, 2.24) is 10.6 Å². The van der Waals surface area contributed by atoms with Crippen molar-refractivity contribution in [2.24, 2.45) is 23.2 Å². The highest BCUT2D eigenvalue weighted by atomic mass is 16.5. The minimum Gasteiger partial charge on any atom is -0.381 e. The zero-order chi connectivity index (χ0) is 36.0. The van der Waals surface area contributed by atoms with Crippen molar-refractivity contribution >= 4 is 23.2 Å². The molecule has 0 bridgehead atoms. The van der Waals surface area contributed by atoms with Gasteiger partial charge in [-0.05, 0) is 111 Å². The van der Waals surface area contributed by atoms with Crippen molar-refractivity contribution in [1.29, 1.82) is 0 Å². The highest BCUT2D eigenvalue weighted by Gasteiger charge is 2.22. The first kappa shape index (κ1) is 40.0. The van der Waals surface area contributed by atoms with E-state index in [0.29, 0.717) is 43.0 Å². The standard InChI is InChI=1S/C43H62N2O4/c1-9-39(37(14-10-23-43(6,7)8)40(46)15-11-24-44-42(48)30(2)3)45-41(47)21-18-34-17-16-31(4)38(29-34)36-20-19-35(32(5)27-36)28-33-13-12-25-49-26-22-33/h9-10,16-17,19-20,29-30,32-33H,11-13,15,18,21-28H2,1-8H3,(H,44,48)(H,45,47). The van der Waals surface area contributed by atoms with Crippen LogP contribution in [0.5, 0.6) is 0 Å². The Morgan fingerprint density at radius 2 is 1.86 bits per heavy atom. The SMILES string of the molecule is CC=C(NC(=O)CCc1ccc(C)c(C2=CC=C(CC3CCCOCC3)C(C)C2)c1)C(=C=CCC(C)(C)C)C(=O)CCCNC(=O)C(C)C. The number of hydrogen-bond acceptors (Lipinski definition) is 4. The number of hydrogen-bond donors (Lipinski definition) is 2. The van der Waals surface area contributed by atoms with Gasteiger partial charge >= 0.3 is 0 Å². The number of carbonyl (C=O) groups excluding carboxylic acids is 3. The number of Topliss-reactive ketones (excluding diaryl/α,β-unsaturated/α-hetero) is 1. The van der Waals surface area contributed by atoms with Gasteiger partial charge in [-0.3, -0.25) is 14.4 Å². The van der Waals surface area contributed by atoms with E-state index in [0.717, 1.165) is 44.0 Å². The summed E-state index contributed by atoms with van der Waals surface area (Å²) in [5, 5.41) is 5.88. The fourth-order valence-electron chi connectivity index (χ4n) is 6.36. The predicted octanol–water partition coefficient (Wildman–Crippen LogP) is 9.14. The van der Waals surface area contributed by atoms with Crippen LogP contribution in [0.25, 0.3) is 5.57 Å². The molecule has 1 aromatic carbocycles. The molecule has 2 aliphatic rings. The Morgan fingerprint density at radius 1 is 1.08 bits per heavy atom. The molecule has 0 spiro atoms. The molecule has 3 rings (SSSR count). The van der Waals surface area contributed by atoms with Gasteiger partial charge in [0.2, 0.25) is 11.8 Å². The molecule has 2 atom stereocenters. The van der Waals surface area contributed by atoms with Gasteiger partial charge in [0.15, 0.2) is 5.78 Å². The van der Waals surface area contributed by atoms with Crippen LogP contribution in [0.4, 0.5) is 0 Å². The number of nitrogens with one attached hydrogen (secondary N) is 2. The Bertz CT molecular complexity index is 1450. The van der Waals surface area contributed by atoms with E-state index in [4.69, 9.17) is 4.74 Å². The van der Waals surface area contributed by atoms with Crippen LogP contribution in [0.2, 0.25) is 0 Å². The maximum Gasteiger partial charge on any atom is 0.224 e. The highest BCUT2D eigenvalue weighted by Crippen LogP contribution is 2.37. The molecule has 1 aliphatic carbocycles. The average molecular weight is 671 g/mol. The second-order valence-electron chi connectivity index (χ2n) is 15.5. The molecule has 2 unspecified atom stereocenters. The largest absolute Gasteiger partial charge is 0.381 e. The predicted molar refractivity (Wildman–Crippen MR) is 202 cm³/mol. The molecular weight excluding hydrogens is 608 g/mol. The van der Waals surface area contributed by atoms with E-state index in [1.54, 1.807) is 11.6 Å². The van der Waals surface area contributed by atoms with Gasteiger partial charge in [0.1, 0.15) is 0 Å². The minimum absolute atomic E-state index is 0.0252. The molecule has 6 nitrogen and oxygen atoms in total. The molecule has 49 heavy (non-hydrogen) atoms. The molecule has 1 fully saturated rings. The number of rotatable bonds is 15. The van der Waals surface area contributed by atoms with Gasteiger partial charge in [-0.15, -0.1) is 5.73 Å². The molecule has 1 aliphatic heterocycles. The van der Waals surface area contributed by atoms with Crippen LogP contribution in [0, 0.1) is 30.1 Å². The number of ketones is 1. The van der Waals surface area contributed by atoms with E-state index in [9.17, 15) is 14.4 Å². The van der Waals surface area contributed by atoms with Gasteiger partial charge in [0.05, 0.1) is 11.3 Å². The molecule has 0 radical (unpaired) electrons. The lowest BCUT2D eigenvalue weighted by Crippen LogP contribution is -2.29. The van der Waals surface area contributed by atoms with Gasteiger partial charge in [0, 0.05) is 38.5 Å². The molecule has 0 aromatic heterocycles. The third kappa shape index (κ3) is 13.8. The number of amides is 2. The van der Waals surface area contributed by atoms with Crippen LogP contribution in [-0.4, -0.2) is 37.4 Å². The Balaban J connectivity index is 1.66. The van der Waals surface area contributed by atoms with Crippen LogP contribution >= 0.6 is 0 Å². The average Bonchev–Trinajstić information content (AvgIpc) is 3.32. The zero-order valence-corrected chi connectivity index (χ0v) is 31.6. The van der Waals surface area contributed by atoms with Gasteiger partial charge in [-0.2, -0.15) is 0 Å². The Hall–Kier alpha value is -3.47. The Kier molecular flexibility index (Phi) is 16.0. The molecule has 1 saturated heterocycles. The summed E-state index contributed by atoms with van der Waals surface area (Å²) in [5.41, 5.74) is 10.7. The third-order valence-corrected chi connectivity index (χ3v) is 9.52. The Labute approximate surface area is 296 Å². The first-order valence-corrected chi connectivity index (χ1v) is 18.6. The summed E-state index contributed by atoms with van der Waals surface area (Å²) < 4.78 is 5.68. The summed E-state index contributed by atoms with van der Waals surface area (Å²) >= 11 is 0. The summed E-state index contributed by atoms with van der Waals surface area (Å²) in [7, 11) is 0. The molecule has 1 heterocycles. The fraction of sp³-hybridized carbons (Fsp3) is 0.581. The topological polar surface area (TPSA) is 84.5 Å². The number of ether oxygens (including phenoxy) is 1. The van der Waals surface area contributed by atoms with Crippen LogP contribution < -0.4 is 10.6 Å². The normalized spacial score (nSPS) is 18.5. The summed E-state index contributed by atoms with van der Waals surface area (Å²) in [6, 6.07) is 6.54. The minimum atomic E-state index is -0.135. The van der Waals surface area contributed by atoms with Crippen LogP contribution in [0.1, 0.15) is 123 Å². The molecule has 6 heteroatoms. The monoisotopic (exact) mass is 670 g/mol. The fourth-order valence-corrected chi connectivity index (χ4v) is 6.36. The molecule has 1 aromatic rings. The van der Waals surface area contributed by atoms with E-state index in [2.05, 4.69) is 81.3 Å². The van der Waals surface area contributed by atoms with Crippen LogP contribution in [-0.2, 0) is 25.5 Å². The smallest absolute Gasteiger partial charge is 0.224 e. The van der Waals surface area contributed by atoms with Crippen molar-refractivity contribution in [3.63, 3.8) is 0 Å². The van der Waals surface area contributed by atoms with Gasteiger partial charge in [0.25, 0.3) is 0 Å². The summed E-state index contributed by atoms with van der Waals surface area (Å²) in [6.07, 6.45) is 16.5.